The first-order valence-electron chi connectivity index (χ1n) is 11.1. The van der Waals surface area contributed by atoms with Gasteiger partial charge >= 0.3 is 5.97 Å². The molecule has 1 fully saturated rings. The summed E-state index contributed by atoms with van der Waals surface area (Å²) in [5, 5.41) is 9.73. The Balaban J connectivity index is 1.35. The number of hydrogen-bond donors (Lipinski definition) is 2. The van der Waals surface area contributed by atoms with E-state index in [2.05, 4.69) is 4.72 Å². The molecule has 0 radical (unpaired) electrons. The standard InChI is InChI=1S/C25H22ClNO7S/c26-19-14-16(12-13-21(19)32-15-6-2-1-3-7-15)35(30,31)27-24(25(28)29)34-22-11-5-9-18-17-8-4-10-20(17)33-23(18)22/h1-3,5-7,9,11-14,17,20,24,27H,4,8,10H2,(H,28,29). The van der Waals surface area contributed by atoms with Gasteiger partial charge in [-0.05, 0) is 55.7 Å². The lowest BCUT2D eigenvalue weighted by atomic mass is 9.97. The summed E-state index contributed by atoms with van der Waals surface area (Å²) < 4.78 is 45.3. The zero-order chi connectivity index (χ0) is 24.6. The van der Waals surface area contributed by atoms with Gasteiger partial charge in [0.2, 0.25) is 10.0 Å². The fourth-order valence-corrected chi connectivity index (χ4v) is 5.80. The van der Waals surface area contributed by atoms with Crippen LogP contribution in [0, 0.1) is 0 Å². The maximum Gasteiger partial charge on any atom is 0.361 e. The van der Waals surface area contributed by atoms with Gasteiger partial charge in [-0.1, -0.05) is 41.9 Å². The normalized spacial score (nSPS) is 19.3. The third-order valence-electron chi connectivity index (χ3n) is 6.05. The van der Waals surface area contributed by atoms with Crippen LogP contribution in [0.25, 0.3) is 0 Å². The summed E-state index contributed by atoms with van der Waals surface area (Å²) in [7, 11) is -4.30. The fraction of sp³-hybridized carbons (Fsp3) is 0.240. The zero-order valence-corrected chi connectivity index (χ0v) is 20.0. The molecule has 8 nitrogen and oxygen atoms in total. The van der Waals surface area contributed by atoms with Crippen LogP contribution < -0.4 is 18.9 Å². The molecule has 10 heteroatoms. The lowest BCUT2D eigenvalue weighted by Gasteiger charge is -2.19. The van der Waals surface area contributed by atoms with Gasteiger partial charge in [0.25, 0.3) is 6.23 Å². The van der Waals surface area contributed by atoms with Crippen molar-refractivity contribution in [1.82, 2.24) is 4.72 Å². The fourth-order valence-electron chi connectivity index (χ4n) is 4.43. The molecule has 3 aromatic carbocycles. The van der Waals surface area contributed by atoms with Gasteiger partial charge in [0.15, 0.2) is 11.5 Å². The molecule has 3 aromatic rings. The van der Waals surface area contributed by atoms with Crippen molar-refractivity contribution in [2.75, 3.05) is 0 Å². The topological polar surface area (TPSA) is 111 Å². The Hall–Kier alpha value is -3.27. The van der Waals surface area contributed by atoms with Crippen molar-refractivity contribution < 1.29 is 32.5 Å². The first-order valence-corrected chi connectivity index (χ1v) is 12.9. The molecule has 3 atom stereocenters. The highest BCUT2D eigenvalue weighted by Crippen LogP contribution is 2.50. The highest BCUT2D eigenvalue weighted by atomic mass is 35.5. The molecule has 2 aliphatic rings. The quantitative estimate of drug-likeness (QED) is 0.409. The van der Waals surface area contributed by atoms with Crippen LogP contribution in [0.15, 0.2) is 71.6 Å². The second kappa shape index (κ2) is 9.41. The zero-order valence-electron chi connectivity index (χ0n) is 18.4. The molecule has 0 bridgehead atoms. The molecule has 0 aromatic heterocycles. The predicted octanol–water partition coefficient (Wildman–Crippen LogP) is 4.93. The van der Waals surface area contributed by atoms with Gasteiger partial charge in [0.05, 0.1) is 9.92 Å². The lowest BCUT2D eigenvalue weighted by Crippen LogP contribution is -2.44. The number of halogens is 1. The molecule has 1 saturated carbocycles. The second-order valence-electron chi connectivity index (χ2n) is 8.33. The van der Waals surface area contributed by atoms with E-state index in [9.17, 15) is 18.3 Å². The van der Waals surface area contributed by atoms with E-state index in [0.29, 0.717) is 11.5 Å². The van der Waals surface area contributed by atoms with E-state index in [-0.39, 0.29) is 33.4 Å². The molecule has 35 heavy (non-hydrogen) atoms. The van der Waals surface area contributed by atoms with Crippen molar-refractivity contribution >= 4 is 27.6 Å². The third kappa shape index (κ3) is 4.80. The first-order chi connectivity index (χ1) is 16.8. The molecule has 1 aliphatic carbocycles. The van der Waals surface area contributed by atoms with Gasteiger partial charge in [-0.15, -0.1) is 0 Å². The second-order valence-corrected chi connectivity index (χ2v) is 10.5. The number of aliphatic carboxylic acids is 1. The Morgan fingerprint density at radius 2 is 1.86 bits per heavy atom. The average molecular weight is 516 g/mol. The van der Waals surface area contributed by atoms with Crippen LogP contribution in [0.1, 0.15) is 30.7 Å². The maximum atomic E-state index is 13.0. The van der Waals surface area contributed by atoms with Crippen LogP contribution in [0.3, 0.4) is 0 Å². The van der Waals surface area contributed by atoms with E-state index in [0.717, 1.165) is 24.8 Å². The smallest absolute Gasteiger partial charge is 0.361 e. The van der Waals surface area contributed by atoms with Crippen LogP contribution in [-0.4, -0.2) is 31.8 Å². The van der Waals surface area contributed by atoms with E-state index in [4.69, 9.17) is 25.8 Å². The van der Waals surface area contributed by atoms with Crippen molar-refractivity contribution in [1.29, 1.82) is 0 Å². The molecule has 1 aliphatic heterocycles. The Bertz CT molecular complexity index is 1360. The van der Waals surface area contributed by atoms with E-state index < -0.39 is 22.2 Å². The average Bonchev–Trinajstić information content (AvgIpc) is 3.43. The third-order valence-corrected chi connectivity index (χ3v) is 7.74. The van der Waals surface area contributed by atoms with Crippen molar-refractivity contribution in [3.05, 3.63) is 77.3 Å². The summed E-state index contributed by atoms with van der Waals surface area (Å²) in [6.45, 7) is 0. The largest absolute Gasteiger partial charge is 0.486 e. The molecular weight excluding hydrogens is 494 g/mol. The number of rotatable bonds is 8. The number of ether oxygens (including phenoxy) is 3. The number of benzene rings is 3. The molecular formula is C25H22ClNO7S. The minimum Gasteiger partial charge on any atom is -0.486 e. The highest BCUT2D eigenvalue weighted by molar-refractivity contribution is 7.89. The summed E-state index contributed by atoms with van der Waals surface area (Å²) in [5.41, 5.74) is 0.956. The number of carboxylic acid groups (broad SMARTS) is 1. The summed E-state index contributed by atoms with van der Waals surface area (Å²) in [6.07, 6.45) is 1.12. The number of hydrogen-bond acceptors (Lipinski definition) is 6. The molecule has 0 saturated heterocycles. The van der Waals surface area contributed by atoms with Crippen molar-refractivity contribution in [3.8, 4) is 23.0 Å². The first kappa shape index (κ1) is 23.5. The number of carbonyl (C=O) groups is 1. The minimum absolute atomic E-state index is 0.0356. The molecule has 2 N–H and O–H groups in total. The van der Waals surface area contributed by atoms with Crippen molar-refractivity contribution in [2.24, 2.45) is 0 Å². The summed E-state index contributed by atoms with van der Waals surface area (Å²) in [5.74, 6) is 0.177. The van der Waals surface area contributed by atoms with E-state index >= 15 is 0 Å². The van der Waals surface area contributed by atoms with Crippen molar-refractivity contribution in [3.63, 3.8) is 0 Å². The van der Waals surface area contributed by atoms with Crippen LogP contribution in [0.4, 0.5) is 0 Å². The van der Waals surface area contributed by atoms with Crippen LogP contribution in [0.2, 0.25) is 5.02 Å². The van der Waals surface area contributed by atoms with Crippen molar-refractivity contribution in [2.45, 2.75) is 42.4 Å². The molecule has 182 valence electrons. The molecule has 0 amide bonds. The lowest BCUT2D eigenvalue weighted by molar-refractivity contribution is -0.145. The van der Waals surface area contributed by atoms with Gasteiger partial charge in [-0.2, -0.15) is 4.72 Å². The summed E-state index contributed by atoms with van der Waals surface area (Å²) in [4.78, 5) is 11.7. The Kier molecular flexibility index (Phi) is 6.31. The van der Waals surface area contributed by atoms with Gasteiger partial charge in [0, 0.05) is 11.5 Å². The number of fused-ring (bicyclic) bond motifs is 3. The van der Waals surface area contributed by atoms with Gasteiger partial charge in [-0.3, -0.25) is 0 Å². The number of para-hydroxylation sites is 2. The highest BCUT2D eigenvalue weighted by Gasteiger charge is 2.40. The van der Waals surface area contributed by atoms with E-state index in [1.807, 2.05) is 12.1 Å². The van der Waals surface area contributed by atoms with E-state index in [1.165, 1.54) is 18.2 Å². The maximum absolute atomic E-state index is 13.0. The molecule has 5 rings (SSSR count). The number of sulfonamides is 1. The van der Waals surface area contributed by atoms with Gasteiger partial charge < -0.3 is 19.3 Å². The van der Waals surface area contributed by atoms with Crippen LogP contribution in [0.5, 0.6) is 23.0 Å². The van der Waals surface area contributed by atoms with Gasteiger partial charge in [-0.25, -0.2) is 13.2 Å². The molecule has 3 unspecified atom stereocenters. The SMILES string of the molecule is O=C(O)C(NS(=O)(=O)c1ccc(Oc2ccccc2)c(Cl)c1)Oc1cccc2c1OC1CCCC21. The number of nitrogens with one attached hydrogen (secondary N) is 1. The number of carboxylic acids is 1. The summed E-state index contributed by atoms with van der Waals surface area (Å²) in [6, 6.07) is 18.0. The molecule has 0 spiro atoms. The van der Waals surface area contributed by atoms with E-state index in [1.54, 1.807) is 36.4 Å². The monoisotopic (exact) mass is 515 g/mol. The minimum atomic E-state index is -4.30. The molecule has 1 heterocycles. The Morgan fingerprint density at radius 3 is 2.60 bits per heavy atom. The van der Waals surface area contributed by atoms with Crippen LogP contribution >= 0.6 is 11.6 Å². The van der Waals surface area contributed by atoms with Crippen LogP contribution in [-0.2, 0) is 14.8 Å². The van der Waals surface area contributed by atoms with Gasteiger partial charge in [0.1, 0.15) is 17.6 Å². The summed E-state index contributed by atoms with van der Waals surface area (Å²) >= 11 is 6.24. The Labute approximate surface area is 207 Å². The predicted molar refractivity (Wildman–Crippen MR) is 128 cm³/mol. The Morgan fingerprint density at radius 1 is 1.06 bits per heavy atom.